The van der Waals surface area contributed by atoms with Crippen LogP contribution in [0.3, 0.4) is 0 Å². The van der Waals surface area contributed by atoms with Crippen molar-refractivity contribution in [3.63, 3.8) is 0 Å². The number of ether oxygens (including phenoxy) is 2. The van der Waals surface area contributed by atoms with E-state index in [1.165, 1.54) is 11.3 Å². The van der Waals surface area contributed by atoms with Gasteiger partial charge in [-0.2, -0.15) is 5.10 Å². The molecule has 7 heteroatoms. The molecule has 0 amide bonds. The van der Waals surface area contributed by atoms with Crippen LogP contribution in [0.4, 0.5) is 10.9 Å². The predicted molar refractivity (Wildman–Crippen MR) is 95.7 cm³/mol. The van der Waals surface area contributed by atoms with E-state index < -0.39 is 0 Å². The molecule has 0 aliphatic rings. The molecule has 1 aromatic carbocycles. The number of benzene rings is 1. The molecule has 1 aromatic heterocycles. The first-order chi connectivity index (χ1) is 11.1. The van der Waals surface area contributed by atoms with Gasteiger partial charge in [0.1, 0.15) is 12.4 Å². The Balaban J connectivity index is 2.06. The highest BCUT2D eigenvalue weighted by molar-refractivity contribution is 7.14. The van der Waals surface area contributed by atoms with Crippen LogP contribution in [-0.4, -0.2) is 24.4 Å². The second-order valence-corrected chi connectivity index (χ2v) is 5.69. The number of nitrogens with one attached hydrogen (secondary N) is 1. The van der Waals surface area contributed by atoms with Gasteiger partial charge in [0.2, 0.25) is 5.13 Å². The van der Waals surface area contributed by atoms with E-state index in [2.05, 4.69) is 22.1 Å². The number of thiazole rings is 1. The second-order valence-electron chi connectivity index (χ2n) is 4.83. The zero-order valence-electron chi connectivity index (χ0n) is 13.2. The Kier molecular flexibility index (Phi) is 5.99. The molecule has 0 saturated heterocycles. The van der Waals surface area contributed by atoms with E-state index in [0.29, 0.717) is 35.7 Å². The van der Waals surface area contributed by atoms with Gasteiger partial charge in [0.05, 0.1) is 12.8 Å². The van der Waals surface area contributed by atoms with Crippen LogP contribution in [0.5, 0.6) is 11.5 Å². The zero-order chi connectivity index (χ0) is 16.7. The van der Waals surface area contributed by atoms with Crippen LogP contribution in [0.2, 0.25) is 0 Å². The molecule has 0 unspecified atom stereocenters. The minimum Gasteiger partial charge on any atom is -0.490 e. The summed E-state index contributed by atoms with van der Waals surface area (Å²) in [5.74, 6) is 1.84. The third-order valence-electron chi connectivity index (χ3n) is 2.64. The van der Waals surface area contributed by atoms with Gasteiger partial charge < -0.3 is 15.2 Å². The molecule has 122 valence electrons. The Hall–Kier alpha value is -2.54. The van der Waals surface area contributed by atoms with E-state index in [1.807, 2.05) is 32.0 Å². The molecule has 23 heavy (non-hydrogen) atoms. The van der Waals surface area contributed by atoms with E-state index in [9.17, 15) is 0 Å². The summed E-state index contributed by atoms with van der Waals surface area (Å²) in [7, 11) is 0. The monoisotopic (exact) mass is 332 g/mol. The van der Waals surface area contributed by atoms with Gasteiger partial charge in [-0.1, -0.05) is 6.58 Å². The number of nitrogens with zero attached hydrogens (tertiary/aromatic N) is 2. The number of nitrogen functional groups attached to an aromatic ring is 1. The SMILES string of the molecule is C=C(C)COc1ccc(C=NNc2nc(N)cs2)cc1OCC. The molecular weight excluding hydrogens is 312 g/mol. The molecule has 0 aliphatic heterocycles. The van der Waals surface area contributed by atoms with Crippen LogP contribution in [0.25, 0.3) is 0 Å². The van der Waals surface area contributed by atoms with Crippen LogP contribution in [-0.2, 0) is 0 Å². The quantitative estimate of drug-likeness (QED) is 0.439. The average Bonchev–Trinajstić information content (AvgIpc) is 2.92. The lowest BCUT2D eigenvalue weighted by Crippen LogP contribution is -2.02. The molecule has 0 bridgehead atoms. The van der Waals surface area contributed by atoms with Gasteiger partial charge in [-0.25, -0.2) is 4.98 Å². The van der Waals surface area contributed by atoms with Gasteiger partial charge in [-0.3, -0.25) is 5.43 Å². The lowest BCUT2D eigenvalue weighted by Gasteiger charge is -2.12. The lowest BCUT2D eigenvalue weighted by molar-refractivity contribution is 0.293. The summed E-state index contributed by atoms with van der Waals surface area (Å²) in [5.41, 5.74) is 10.2. The molecule has 2 rings (SSSR count). The Morgan fingerprint density at radius 3 is 2.91 bits per heavy atom. The highest BCUT2D eigenvalue weighted by Crippen LogP contribution is 2.28. The number of hydrogen-bond donors (Lipinski definition) is 2. The van der Waals surface area contributed by atoms with Crippen LogP contribution < -0.4 is 20.6 Å². The van der Waals surface area contributed by atoms with Gasteiger partial charge in [0, 0.05) is 5.38 Å². The summed E-state index contributed by atoms with van der Waals surface area (Å²) in [6.45, 7) is 8.68. The third kappa shape index (κ3) is 5.30. The molecule has 0 atom stereocenters. The van der Waals surface area contributed by atoms with E-state index in [1.54, 1.807) is 11.6 Å². The standard InChI is InChI=1S/C16H20N4O2S/c1-4-21-14-7-12(5-6-13(14)22-9-11(2)3)8-18-20-16-19-15(17)10-23-16/h5-8,10H,2,4,9,17H2,1,3H3,(H,19,20). The van der Waals surface area contributed by atoms with Crippen molar-refractivity contribution < 1.29 is 9.47 Å². The van der Waals surface area contributed by atoms with E-state index in [-0.39, 0.29) is 0 Å². The molecule has 6 nitrogen and oxygen atoms in total. The molecule has 1 heterocycles. The van der Waals surface area contributed by atoms with E-state index in [4.69, 9.17) is 15.2 Å². The number of anilines is 2. The van der Waals surface area contributed by atoms with Crippen molar-refractivity contribution >= 4 is 28.5 Å². The molecule has 0 spiro atoms. The smallest absolute Gasteiger partial charge is 0.205 e. The number of hydrazone groups is 1. The van der Waals surface area contributed by atoms with Crippen LogP contribution in [0.1, 0.15) is 19.4 Å². The normalized spacial score (nSPS) is 10.7. The maximum Gasteiger partial charge on any atom is 0.205 e. The van der Waals surface area contributed by atoms with Gasteiger partial charge >= 0.3 is 0 Å². The Morgan fingerprint density at radius 2 is 2.26 bits per heavy atom. The Labute approximate surface area is 139 Å². The van der Waals surface area contributed by atoms with E-state index >= 15 is 0 Å². The van der Waals surface area contributed by atoms with E-state index in [0.717, 1.165) is 11.1 Å². The van der Waals surface area contributed by atoms with Gasteiger partial charge in [0.15, 0.2) is 11.5 Å². The molecular formula is C16H20N4O2S. The fourth-order valence-electron chi connectivity index (χ4n) is 1.69. The first-order valence-corrected chi connectivity index (χ1v) is 8.00. The summed E-state index contributed by atoms with van der Waals surface area (Å²) < 4.78 is 11.3. The summed E-state index contributed by atoms with van der Waals surface area (Å²) >= 11 is 1.39. The van der Waals surface area contributed by atoms with Crippen LogP contribution in [0.15, 0.2) is 40.8 Å². The summed E-state index contributed by atoms with van der Waals surface area (Å²) in [4.78, 5) is 4.06. The van der Waals surface area contributed by atoms with Crippen molar-refractivity contribution in [2.45, 2.75) is 13.8 Å². The maximum absolute atomic E-state index is 5.68. The Morgan fingerprint density at radius 1 is 1.43 bits per heavy atom. The topological polar surface area (TPSA) is 81.8 Å². The van der Waals surface area contributed by atoms with Crippen molar-refractivity contribution in [3.8, 4) is 11.5 Å². The van der Waals surface area contributed by atoms with Crippen LogP contribution >= 0.6 is 11.3 Å². The van der Waals surface area contributed by atoms with Gasteiger partial charge in [-0.15, -0.1) is 11.3 Å². The van der Waals surface area contributed by atoms with Crippen LogP contribution in [0, 0.1) is 0 Å². The van der Waals surface area contributed by atoms with Crippen molar-refractivity contribution in [3.05, 3.63) is 41.3 Å². The van der Waals surface area contributed by atoms with Gasteiger partial charge in [-0.05, 0) is 43.2 Å². The zero-order valence-corrected chi connectivity index (χ0v) is 14.0. The first kappa shape index (κ1) is 16.8. The van der Waals surface area contributed by atoms with Crippen molar-refractivity contribution in [1.29, 1.82) is 0 Å². The van der Waals surface area contributed by atoms with Crippen molar-refractivity contribution in [2.75, 3.05) is 24.4 Å². The summed E-state index contributed by atoms with van der Waals surface area (Å²) in [6, 6.07) is 5.63. The Bertz CT molecular complexity index is 697. The highest BCUT2D eigenvalue weighted by Gasteiger charge is 2.06. The first-order valence-electron chi connectivity index (χ1n) is 7.12. The summed E-state index contributed by atoms with van der Waals surface area (Å²) in [5, 5.41) is 6.53. The number of aromatic nitrogens is 1. The lowest BCUT2D eigenvalue weighted by atomic mass is 10.2. The highest BCUT2D eigenvalue weighted by atomic mass is 32.1. The van der Waals surface area contributed by atoms with Gasteiger partial charge in [0.25, 0.3) is 0 Å². The molecule has 2 aromatic rings. The third-order valence-corrected chi connectivity index (χ3v) is 3.40. The minimum absolute atomic E-state index is 0.459. The number of hydrogen-bond acceptors (Lipinski definition) is 7. The van der Waals surface area contributed by atoms with Crippen molar-refractivity contribution in [2.24, 2.45) is 5.10 Å². The number of rotatable bonds is 8. The molecule has 0 saturated carbocycles. The molecule has 0 aliphatic carbocycles. The average molecular weight is 332 g/mol. The fraction of sp³-hybridized carbons (Fsp3) is 0.250. The largest absolute Gasteiger partial charge is 0.490 e. The maximum atomic E-state index is 5.68. The molecule has 0 radical (unpaired) electrons. The molecule has 3 N–H and O–H groups in total. The fourth-order valence-corrected chi connectivity index (χ4v) is 2.24. The summed E-state index contributed by atoms with van der Waals surface area (Å²) in [6.07, 6.45) is 1.68. The molecule has 0 fully saturated rings. The van der Waals surface area contributed by atoms with Crippen molar-refractivity contribution in [1.82, 2.24) is 4.98 Å². The minimum atomic E-state index is 0.459. The second kappa shape index (κ2) is 8.19. The number of nitrogens with two attached hydrogens (primary N) is 1. The predicted octanol–water partition coefficient (Wildman–Crippen LogP) is 3.52.